The zero-order chi connectivity index (χ0) is 14.3. The highest BCUT2D eigenvalue weighted by atomic mass is 127. The average Bonchev–Trinajstić information content (AvgIpc) is 2.69. The fraction of sp³-hybridized carbons (Fsp3) is 0.0667. The highest BCUT2D eigenvalue weighted by Gasteiger charge is 2.35. The van der Waals surface area contributed by atoms with Crippen LogP contribution in [0.15, 0.2) is 42.5 Å². The minimum atomic E-state index is -0.476. The lowest BCUT2D eigenvalue weighted by Gasteiger charge is -2.16. The molecule has 1 aliphatic rings. The molecule has 2 aromatic carbocycles. The average molecular weight is 398 g/mol. The Morgan fingerprint density at radius 1 is 1.10 bits per heavy atom. The van der Waals surface area contributed by atoms with Crippen molar-refractivity contribution in [2.24, 2.45) is 0 Å². The summed E-state index contributed by atoms with van der Waals surface area (Å²) in [6.07, 6.45) is 0. The van der Waals surface area contributed by atoms with Crippen LogP contribution in [0.3, 0.4) is 0 Å². The zero-order valence-electron chi connectivity index (χ0n) is 10.3. The quantitative estimate of drug-likeness (QED) is 0.573. The number of anilines is 1. The van der Waals surface area contributed by atoms with Crippen LogP contribution in [-0.2, 0) is 11.3 Å². The van der Waals surface area contributed by atoms with Crippen molar-refractivity contribution in [2.75, 3.05) is 4.90 Å². The van der Waals surface area contributed by atoms with Crippen molar-refractivity contribution in [3.8, 4) is 0 Å². The van der Waals surface area contributed by atoms with Gasteiger partial charge in [-0.3, -0.25) is 9.59 Å². The second-order valence-corrected chi connectivity index (χ2v) is 6.06. The Bertz CT molecular complexity index is 730. The molecule has 2 aromatic rings. The molecule has 0 aromatic heterocycles. The number of halogens is 2. The van der Waals surface area contributed by atoms with Crippen molar-refractivity contribution in [1.29, 1.82) is 0 Å². The van der Waals surface area contributed by atoms with Crippen LogP contribution in [0.1, 0.15) is 15.9 Å². The summed E-state index contributed by atoms with van der Waals surface area (Å²) < 4.78 is 0.924. The maximum Gasteiger partial charge on any atom is 0.299 e. The Balaban J connectivity index is 1.97. The van der Waals surface area contributed by atoms with Crippen LogP contribution in [0.4, 0.5) is 5.69 Å². The SMILES string of the molecule is O=C1C(=O)N(Cc2ccc(Cl)c(I)c2)c2ccccc21. The van der Waals surface area contributed by atoms with Crippen molar-refractivity contribution < 1.29 is 9.59 Å². The molecule has 0 unspecified atom stereocenters. The molecule has 0 bridgehead atoms. The second kappa shape index (κ2) is 5.18. The van der Waals surface area contributed by atoms with Gasteiger partial charge in [0.15, 0.2) is 0 Å². The maximum absolute atomic E-state index is 12.1. The number of para-hydroxylation sites is 1. The molecule has 0 N–H and O–H groups in total. The van der Waals surface area contributed by atoms with Gasteiger partial charge in [-0.2, -0.15) is 0 Å². The van der Waals surface area contributed by atoms with Gasteiger partial charge in [0.1, 0.15) is 0 Å². The number of carbonyl (C=O) groups excluding carboxylic acids is 2. The number of carbonyl (C=O) groups is 2. The van der Waals surface area contributed by atoms with E-state index in [9.17, 15) is 9.59 Å². The molecule has 20 heavy (non-hydrogen) atoms. The Morgan fingerprint density at radius 3 is 2.60 bits per heavy atom. The first-order valence-electron chi connectivity index (χ1n) is 5.97. The van der Waals surface area contributed by atoms with Gasteiger partial charge in [-0.15, -0.1) is 0 Å². The summed E-state index contributed by atoms with van der Waals surface area (Å²) >= 11 is 8.13. The minimum Gasteiger partial charge on any atom is -0.300 e. The molecule has 3 nitrogen and oxygen atoms in total. The summed E-state index contributed by atoms with van der Waals surface area (Å²) in [5.74, 6) is -0.916. The largest absolute Gasteiger partial charge is 0.300 e. The Hall–Kier alpha value is -1.40. The number of rotatable bonds is 2. The van der Waals surface area contributed by atoms with Gasteiger partial charge in [-0.05, 0) is 52.4 Å². The molecule has 3 rings (SSSR count). The van der Waals surface area contributed by atoms with E-state index in [1.165, 1.54) is 4.90 Å². The van der Waals surface area contributed by atoms with E-state index >= 15 is 0 Å². The topological polar surface area (TPSA) is 37.4 Å². The predicted molar refractivity (Wildman–Crippen MR) is 86.1 cm³/mol. The van der Waals surface area contributed by atoms with Crippen molar-refractivity contribution >= 4 is 51.6 Å². The zero-order valence-corrected chi connectivity index (χ0v) is 13.2. The third-order valence-electron chi connectivity index (χ3n) is 3.20. The Morgan fingerprint density at radius 2 is 1.85 bits per heavy atom. The standard InChI is InChI=1S/C15H9ClINO2/c16-11-6-5-9(7-12(11)17)8-18-13-4-2-1-3-10(13)14(19)15(18)20/h1-7H,8H2. The van der Waals surface area contributed by atoms with E-state index < -0.39 is 11.7 Å². The number of ketones is 1. The smallest absolute Gasteiger partial charge is 0.299 e. The molecule has 1 amide bonds. The number of nitrogens with zero attached hydrogens (tertiary/aromatic N) is 1. The van der Waals surface area contributed by atoms with Crippen molar-refractivity contribution in [3.05, 3.63) is 62.2 Å². The molecule has 0 saturated carbocycles. The van der Waals surface area contributed by atoms with Crippen LogP contribution in [0, 0.1) is 3.57 Å². The summed E-state index contributed by atoms with van der Waals surface area (Å²) in [5.41, 5.74) is 2.09. The van der Waals surface area contributed by atoms with Gasteiger partial charge in [0.05, 0.1) is 22.8 Å². The number of Topliss-reactive ketones (excluding diaryl/α,β-unsaturated/α-hetero) is 1. The van der Waals surface area contributed by atoms with Crippen molar-refractivity contribution in [1.82, 2.24) is 0 Å². The lowest BCUT2D eigenvalue weighted by atomic mass is 10.1. The Kier molecular flexibility index (Phi) is 3.52. The van der Waals surface area contributed by atoms with E-state index in [0.717, 1.165) is 9.13 Å². The summed E-state index contributed by atoms with van der Waals surface area (Å²) in [6.45, 7) is 0.370. The molecule has 0 saturated heterocycles. The lowest BCUT2D eigenvalue weighted by molar-refractivity contribution is -0.114. The molecule has 1 aliphatic heterocycles. The van der Waals surface area contributed by atoms with E-state index in [1.54, 1.807) is 24.3 Å². The maximum atomic E-state index is 12.1. The lowest BCUT2D eigenvalue weighted by Crippen LogP contribution is -2.29. The van der Waals surface area contributed by atoms with Crippen LogP contribution in [0.5, 0.6) is 0 Å². The van der Waals surface area contributed by atoms with E-state index in [2.05, 4.69) is 22.6 Å². The van der Waals surface area contributed by atoms with Crippen LogP contribution >= 0.6 is 34.2 Å². The van der Waals surface area contributed by atoms with Gasteiger partial charge in [0.25, 0.3) is 11.7 Å². The molecule has 0 spiro atoms. The highest BCUT2D eigenvalue weighted by molar-refractivity contribution is 14.1. The van der Waals surface area contributed by atoms with E-state index in [-0.39, 0.29) is 0 Å². The first kappa shape index (κ1) is 13.6. The number of hydrogen-bond acceptors (Lipinski definition) is 2. The summed E-state index contributed by atoms with van der Waals surface area (Å²) in [5, 5.41) is 0.679. The third kappa shape index (κ3) is 2.23. The summed E-state index contributed by atoms with van der Waals surface area (Å²) in [4.78, 5) is 25.5. The molecule has 5 heteroatoms. The molecule has 0 radical (unpaired) electrons. The van der Waals surface area contributed by atoms with Crippen LogP contribution in [0.25, 0.3) is 0 Å². The van der Waals surface area contributed by atoms with Crippen LogP contribution < -0.4 is 4.90 Å². The number of benzene rings is 2. The second-order valence-electron chi connectivity index (χ2n) is 4.49. The normalized spacial score (nSPS) is 13.8. The van der Waals surface area contributed by atoms with E-state index in [1.807, 2.05) is 18.2 Å². The van der Waals surface area contributed by atoms with Gasteiger partial charge in [-0.25, -0.2) is 0 Å². The summed E-state index contributed by atoms with van der Waals surface area (Å²) in [6, 6.07) is 12.6. The van der Waals surface area contributed by atoms with Gasteiger partial charge in [-0.1, -0.05) is 29.8 Å². The van der Waals surface area contributed by atoms with Gasteiger partial charge >= 0.3 is 0 Å². The Labute approximate surface area is 134 Å². The molecule has 0 fully saturated rings. The van der Waals surface area contributed by atoms with Crippen LogP contribution in [-0.4, -0.2) is 11.7 Å². The van der Waals surface area contributed by atoms with E-state index in [4.69, 9.17) is 11.6 Å². The fourth-order valence-electron chi connectivity index (χ4n) is 2.23. The minimum absolute atomic E-state index is 0.370. The number of amides is 1. The monoisotopic (exact) mass is 397 g/mol. The van der Waals surface area contributed by atoms with Gasteiger partial charge in [0.2, 0.25) is 0 Å². The molecule has 0 atom stereocenters. The van der Waals surface area contributed by atoms with Crippen molar-refractivity contribution in [2.45, 2.75) is 6.54 Å². The van der Waals surface area contributed by atoms with Crippen molar-refractivity contribution in [3.63, 3.8) is 0 Å². The fourth-order valence-corrected chi connectivity index (χ4v) is 2.92. The molecule has 0 aliphatic carbocycles. The molecule has 100 valence electrons. The van der Waals surface area contributed by atoms with Crippen LogP contribution in [0.2, 0.25) is 5.02 Å². The molecular weight excluding hydrogens is 389 g/mol. The third-order valence-corrected chi connectivity index (χ3v) is 4.74. The van der Waals surface area contributed by atoms with Gasteiger partial charge < -0.3 is 4.90 Å². The first-order chi connectivity index (χ1) is 9.58. The molecular formula is C15H9ClINO2. The summed E-state index contributed by atoms with van der Waals surface area (Å²) in [7, 11) is 0. The predicted octanol–water partition coefficient (Wildman–Crippen LogP) is 3.67. The first-order valence-corrected chi connectivity index (χ1v) is 7.43. The number of hydrogen-bond donors (Lipinski definition) is 0. The number of fused-ring (bicyclic) bond motifs is 1. The molecule has 1 heterocycles. The van der Waals surface area contributed by atoms with E-state index in [0.29, 0.717) is 22.8 Å². The highest BCUT2D eigenvalue weighted by Crippen LogP contribution is 2.30. The van der Waals surface area contributed by atoms with Gasteiger partial charge in [0, 0.05) is 3.57 Å².